The Bertz CT molecular complexity index is 1020. The molecule has 2 aromatic rings. The Labute approximate surface area is 184 Å². The Morgan fingerprint density at radius 2 is 1.80 bits per heavy atom. The van der Waals surface area contributed by atoms with Crippen LogP contribution in [0.4, 0.5) is 4.79 Å². The van der Waals surface area contributed by atoms with Gasteiger partial charge >= 0.3 is 6.03 Å². The summed E-state index contributed by atoms with van der Waals surface area (Å²) in [6.45, 7) is -0.0415. The van der Waals surface area contributed by atoms with Crippen molar-refractivity contribution in [2.24, 2.45) is 0 Å². The predicted octanol–water partition coefficient (Wildman–Crippen LogP) is 3.43. The van der Waals surface area contributed by atoms with Crippen molar-refractivity contribution in [2.75, 3.05) is 13.6 Å². The number of hydrogen-bond acceptors (Lipinski definition) is 3. The van der Waals surface area contributed by atoms with Gasteiger partial charge < -0.3 is 10.2 Å². The minimum atomic E-state index is -0.967. The van der Waals surface area contributed by atoms with E-state index in [1.165, 1.54) is 10.5 Å². The number of nitrogens with zero attached hydrogens (tertiary/aromatic N) is 2. The summed E-state index contributed by atoms with van der Waals surface area (Å²) in [5.74, 6) is -0.683. The Kier molecular flexibility index (Phi) is 5.47. The van der Waals surface area contributed by atoms with Gasteiger partial charge in [-0.25, -0.2) is 4.79 Å². The molecule has 8 heteroatoms. The van der Waals surface area contributed by atoms with Crippen LogP contribution in [0.2, 0.25) is 10.0 Å². The van der Waals surface area contributed by atoms with Gasteiger partial charge in [0.05, 0.1) is 0 Å². The van der Waals surface area contributed by atoms with E-state index in [2.05, 4.69) is 5.32 Å². The lowest BCUT2D eigenvalue weighted by Gasteiger charge is -2.32. The molecule has 4 amide bonds. The Hall–Kier alpha value is -2.57. The molecule has 1 heterocycles. The van der Waals surface area contributed by atoms with E-state index in [1.807, 2.05) is 24.3 Å². The summed E-state index contributed by atoms with van der Waals surface area (Å²) in [4.78, 5) is 40.9. The smallest absolute Gasteiger partial charge is 0.325 e. The normalized spacial score (nSPS) is 20.3. The van der Waals surface area contributed by atoms with E-state index in [9.17, 15) is 14.4 Å². The number of hydrogen-bond donors (Lipinski definition) is 1. The molecule has 1 fully saturated rings. The minimum Gasteiger partial charge on any atom is -0.340 e. The maximum atomic E-state index is 13.1. The molecule has 0 saturated carbocycles. The fourth-order valence-corrected chi connectivity index (χ4v) is 4.74. The number of amides is 4. The molecule has 0 bridgehead atoms. The van der Waals surface area contributed by atoms with Crippen LogP contribution in [0.15, 0.2) is 42.5 Å². The van der Waals surface area contributed by atoms with E-state index >= 15 is 0 Å². The number of rotatable bonds is 4. The SMILES string of the molecule is CN(Cc1cc(Cl)cc(Cl)c1)C(=O)CN1C(=O)NC2(CCc3ccccc3C2)C1=O. The van der Waals surface area contributed by atoms with Gasteiger partial charge in [0.25, 0.3) is 5.91 Å². The quantitative estimate of drug-likeness (QED) is 0.732. The van der Waals surface area contributed by atoms with Gasteiger partial charge in [0.1, 0.15) is 12.1 Å². The molecule has 6 nitrogen and oxygen atoms in total. The van der Waals surface area contributed by atoms with Crippen LogP contribution in [0.5, 0.6) is 0 Å². The summed E-state index contributed by atoms with van der Waals surface area (Å²) in [5.41, 5.74) is 2.05. The molecular formula is C22H21Cl2N3O3. The summed E-state index contributed by atoms with van der Waals surface area (Å²) in [7, 11) is 1.61. The lowest BCUT2D eigenvalue weighted by atomic mass is 9.78. The van der Waals surface area contributed by atoms with E-state index in [-0.39, 0.29) is 24.9 Å². The third kappa shape index (κ3) is 3.89. The summed E-state index contributed by atoms with van der Waals surface area (Å²) in [6, 6.07) is 12.5. The highest BCUT2D eigenvalue weighted by Crippen LogP contribution is 2.33. The molecule has 1 atom stereocenters. The third-order valence-electron chi connectivity index (χ3n) is 5.74. The lowest BCUT2D eigenvalue weighted by molar-refractivity contribution is -0.138. The Morgan fingerprint density at radius 3 is 2.50 bits per heavy atom. The van der Waals surface area contributed by atoms with Crippen molar-refractivity contribution in [3.63, 3.8) is 0 Å². The Morgan fingerprint density at radius 1 is 1.13 bits per heavy atom. The molecule has 1 N–H and O–H groups in total. The van der Waals surface area contributed by atoms with Crippen molar-refractivity contribution in [2.45, 2.75) is 31.3 Å². The molecule has 156 valence electrons. The van der Waals surface area contributed by atoms with Crippen molar-refractivity contribution in [3.05, 3.63) is 69.2 Å². The second-order valence-electron chi connectivity index (χ2n) is 7.88. The standard InChI is InChI=1S/C22H21Cl2N3O3/c1-26(12-14-8-17(23)10-18(24)9-14)19(28)13-27-20(29)22(25-21(27)30)7-6-15-4-2-3-5-16(15)11-22/h2-5,8-10H,6-7,11-13H2,1H3,(H,25,30). The second-order valence-corrected chi connectivity index (χ2v) is 8.75. The number of likely N-dealkylation sites (N-methyl/N-ethyl adjacent to an activating group) is 1. The van der Waals surface area contributed by atoms with Crippen LogP contribution in [-0.4, -0.2) is 46.8 Å². The number of nitrogens with one attached hydrogen (secondary N) is 1. The summed E-state index contributed by atoms with van der Waals surface area (Å²) in [6.07, 6.45) is 1.67. The van der Waals surface area contributed by atoms with Gasteiger partial charge in [-0.05, 0) is 47.7 Å². The number of carbonyl (C=O) groups excluding carboxylic acids is 3. The number of halogens is 2. The van der Waals surface area contributed by atoms with Gasteiger partial charge in [0, 0.05) is 30.1 Å². The van der Waals surface area contributed by atoms with Crippen molar-refractivity contribution in [3.8, 4) is 0 Å². The maximum absolute atomic E-state index is 13.1. The zero-order valence-corrected chi connectivity index (χ0v) is 18.0. The number of urea groups is 1. The van der Waals surface area contributed by atoms with Crippen molar-refractivity contribution in [1.82, 2.24) is 15.1 Å². The molecule has 1 unspecified atom stereocenters. The third-order valence-corrected chi connectivity index (χ3v) is 6.18. The van der Waals surface area contributed by atoms with Gasteiger partial charge in [-0.1, -0.05) is 47.5 Å². The minimum absolute atomic E-state index is 0.265. The van der Waals surface area contributed by atoms with Crippen LogP contribution in [0.1, 0.15) is 23.1 Å². The average molecular weight is 446 g/mol. The van der Waals surface area contributed by atoms with Crippen molar-refractivity contribution >= 4 is 41.0 Å². The molecule has 30 heavy (non-hydrogen) atoms. The summed E-state index contributed by atoms with van der Waals surface area (Å²) >= 11 is 12.0. The molecule has 0 radical (unpaired) electrons. The molecule has 1 aliphatic heterocycles. The fraction of sp³-hybridized carbons (Fsp3) is 0.318. The first-order valence-electron chi connectivity index (χ1n) is 9.67. The topological polar surface area (TPSA) is 69.7 Å². The molecule has 2 aliphatic rings. The zero-order valence-electron chi connectivity index (χ0n) is 16.5. The van der Waals surface area contributed by atoms with Crippen molar-refractivity contribution < 1.29 is 14.4 Å². The molecule has 1 aliphatic carbocycles. The molecule has 0 aromatic heterocycles. The largest absolute Gasteiger partial charge is 0.340 e. The highest BCUT2D eigenvalue weighted by molar-refractivity contribution is 6.34. The van der Waals surface area contributed by atoms with Crippen LogP contribution in [-0.2, 0) is 29.0 Å². The van der Waals surface area contributed by atoms with Gasteiger partial charge in [-0.3, -0.25) is 14.5 Å². The average Bonchev–Trinajstić information content (AvgIpc) is 2.91. The number of fused-ring (bicyclic) bond motifs is 1. The van der Waals surface area contributed by atoms with Crippen LogP contribution in [0.25, 0.3) is 0 Å². The molecular weight excluding hydrogens is 425 g/mol. The van der Waals surface area contributed by atoms with Crippen LogP contribution < -0.4 is 5.32 Å². The molecule has 1 spiro atoms. The van der Waals surface area contributed by atoms with E-state index < -0.39 is 11.6 Å². The van der Waals surface area contributed by atoms with Gasteiger partial charge in [-0.15, -0.1) is 0 Å². The number of imide groups is 1. The summed E-state index contributed by atoms with van der Waals surface area (Å²) < 4.78 is 0. The first-order chi connectivity index (χ1) is 14.3. The molecule has 2 aromatic carbocycles. The first kappa shape index (κ1) is 20.7. The van der Waals surface area contributed by atoms with Gasteiger partial charge in [0.2, 0.25) is 5.91 Å². The zero-order chi connectivity index (χ0) is 21.5. The lowest BCUT2D eigenvalue weighted by Crippen LogP contribution is -2.51. The second kappa shape index (κ2) is 7.93. The fourth-order valence-electron chi connectivity index (χ4n) is 4.16. The first-order valence-corrected chi connectivity index (χ1v) is 10.4. The van der Waals surface area contributed by atoms with Gasteiger partial charge in [0.15, 0.2) is 0 Å². The van der Waals surface area contributed by atoms with E-state index in [4.69, 9.17) is 23.2 Å². The van der Waals surface area contributed by atoms with Crippen LogP contribution >= 0.6 is 23.2 Å². The van der Waals surface area contributed by atoms with E-state index in [1.54, 1.807) is 25.2 Å². The highest BCUT2D eigenvalue weighted by Gasteiger charge is 2.52. The van der Waals surface area contributed by atoms with Crippen LogP contribution in [0, 0.1) is 0 Å². The Balaban J connectivity index is 1.45. The monoisotopic (exact) mass is 445 g/mol. The van der Waals surface area contributed by atoms with E-state index in [0.717, 1.165) is 16.0 Å². The maximum Gasteiger partial charge on any atom is 0.325 e. The summed E-state index contributed by atoms with van der Waals surface area (Å²) in [5, 5.41) is 3.81. The number of benzene rings is 2. The van der Waals surface area contributed by atoms with Crippen molar-refractivity contribution in [1.29, 1.82) is 0 Å². The van der Waals surface area contributed by atoms with Crippen LogP contribution in [0.3, 0.4) is 0 Å². The predicted molar refractivity (Wildman–Crippen MR) is 114 cm³/mol. The number of carbonyl (C=O) groups is 3. The molecule has 4 rings (SSSR count). The van der Waals surface area contributed by atoms with E-state index in [0.29, 0.717) is 29.3 Å². The van der Waals surface area contributed by atoms with Gasteiger partial charge in [-0.2, -0.15) is 0 Å². The number of aryl methyl sites for hydroxylation is 1. The molecule has 1 saturated heterocycles. The highest BCUT2D eigenvalue weighted by atomic mass is 35.5.